The number of H-pyrrole nitrogens is 1. The number of rotatable bonds is 2. The first-order valence-electron chi connectivity index (χ1n) is 4.68. The molecule has 0 aliphatic rings. The van der Waals surface area contributed by atoms with Gasteiger partial charge in [-0.3, -0.25) is 4.79 Å². The molecule has 0 radical (unpaired) electrons. The summed E-state index contributed by atoms with van der Waals surface area (Å²) < 4.78 is 0. The summed E-state index contributed by atoms with van der Waals surface area (Å²) in [6, 6.07) is 4.89. The van der Waals surface area contributed by atoms with Crippen LogP contribution in [0.1, 0.15) is 16.1 Å². The van der Waals surface area contributed by atoms with Gasteiger partial charge in [0.15, 0.2) is 5.78 Å². The number of phenolic OH excluding ortho intramolecular Hbond substituents is 1. The number of Topliss-reactive ketones (excluding diaryl/α,β-unsaturated/α-hetero) is 1. The molecular weight excluding hydrogens is 192 g/mol. The number of aromatic nitrogens is 1. The molecular formula is C11H12N2O2. The zero-order chi connectivity index (χ0) is 11.0. The first-order chi connectivity index (χ1) is 7.13. The second-order valence-corrected chi connectivity index (χ2v) is 3.48. The van der Waals surface area contributed by atoms with Gasteiger partial charge in [0.2, 0.25) is 0 Å². The predicted octanol–water partition coefficient (Wildman–Crippen LogP) is 1.32. The molecule has 0 amide bonds. The van der Waals surface area contributed by atoms with E-state index in [4.69, 9.17) is 5.73 Å². The maximum Gasteiger partial charge on any atom is 0.178 e. The Labute approximate surface area is 86.7 Å². The number of phenols is 1. The fraction of sp³-hybridized carbons (Fsp3) is 0.182. The van der Waals surface area contributed by atoms with Gasteiger partial charge in [-0.2, -0.15) is 0 Å². The van der Waals surface area contributed by atoms with E-state index in [0.717, 1.165) is 16.6 Å². The Morgan fingerprint density at radius 1 is 1.53 bits per heavy atom. The van der Waals surface area contributed by atoms with Crippen molar-refractivity contribution in [1.29, 1.82) is 0 Å². The van der Waals surface area contributed by atoms with Gasteiger partial charge in [-0.15, -0.1) is 0 Å². The summed E-state index contributed by atoms with van der Waals surface area (Å²) in [5, 5.41) is 10.1. The number of carbonyl (C=O) groups is 1. The average molecular weight is 204 g/mol. The lowest BCUT2D eigenvalue weighted by Gasteiger charge is -1.97. The van der Waals surface area contributed by atoms with Gasteiger partial charge in [0, 0.05) is 22.2 Å². The number of benzene rings is 1. The number of carbonyl (C=O) groups excluding carboxylic acids is 1. The maximum atomic E-state index is 11.6. The van der Waals surface area contributed by atoms with Crippen LogP contribution >= 0.6 is 0 Å². The number of aromatic amines is 1. The Morgan fingerprint density at radius 3 is 2.93 bits per heavy atom. The van der Waals surface area contributed by atoms with E-state index in [-0.39, 0.29) is 18.1 Å². The van der Waals surface area contributed by atoms with Gasteiger partial charge in [0.05, 0.1) is 6.54 Å². The molecule has 0 saturated heterocycles. The van der Waals surface area contributed by atoms with Crippen LogP contribution in [-0.4, -0.2) is 22.4 Å². The highest BCUT2D eigenvalue weighted by Crippen LogP contribution is 2.25. The van der Waals surface area contributed by atoms with Gasteiger partial charge in [-0.1, -0.05) is 0 Å². The molecule has 0 aliphatic carbocycles. The van der Waals surface area contributed by atoms with Gasteiger partial charge in [-0.05, 0) is 25.1 Å². The van der Waals surface area contributed by atoms with E-state index >= 15 is 0 Å². The Morgan fingerprint density at radius 2 is 2.27 bits per heavy atom. The van der Waals surface area contributed by atoms with Crippen LogP contribution < -0.4 is 5.73 Å². The topological polar surface area (TPSA) is 79.1 Å². The van der Waals surface area contributed by atoms with Crippen molar-refractivity contribution >= 4 is 16.7 Å². The van der Waals surface area contributed by atoms with Crippen molar-refractivity contribution in [2.45, 2.75) is 6.92 Å². The number of ketones is 1. The summed E-state index contributed by atoms with van der Waals surface area (Å²) >= 11 is 0. The lowest BCUT2D eigenvalue weighted by molar-refractivity contribution is 0.100. The zero-order valence-corrected chi connectivity index (χ0v) is 8.37. The molecule has 0 aliphatic heterocycles. The van der Waals surface area contributed by atoms with Gasteiger partial charge in [-0.25, -0.2) is 0 Å². The van der Waals surface area contributed by atoms with Crippen molar-refractivity contribution in [3.8, 4) is 5.75 Å². The molecule has 1 heterocycles. The molecule has 0 spiro atoms. The Hall–Kier alpha value is -1.81. The van der Waals surface area contributed by atoms with E-state index < -0.39 is 0 Å². The molecule has 4 heteroatoms. The number of hydrogen-bond donors (Lipinski definition) is 3. The standard InChI is InChI=1S/C11H12N2O2/c1-6-11(10(15)5-12)8-4-7(14)2-3-9(8)13-6/h2-4,13-14H,5,12H2,1H3. The fourth-order valence-corrected chi connectivity index (χ4v) is 1.78. The average Bonchev–Trinajstić information content (AvgIpc) is 2.52. The van der Waals surface area contributed by atoms with Crippen molar-refractivity contribution in [2.75, 3.05) is 6.54 Å². The van der Waals surface area contributed by atoms with Crippen LogP contribution in [0.5, 0.6) is 5.75 Å². The molecule has 1 aromatic carbocycles. The summed E-state index contributed by atoms with van der Waals surface area (Å²) in [6.07, 6.45) is 0. The quantitative estimate of drug-likeness (QED) is 0.645. The third kappa shape index (κ3) is 1.49. The van der Waals surface area contributed by atoms with E-state index in [1.54, 1.807) is 18.2 Å². The fourth-order valence-electron chi connectivity index (χ4n) is 1.78. The monoisotopic (exact) mass is 204 g/mol. The normalized spacial score (nSPS) is 10.8. The molecule has 0 fully saturated rings. The van der Waals surface area contributed by atoms with E-state index in [0.29, 0.717) is 5.56 Å². The number of aromatic hydroxyl groups is 1. The van der Waals surface area contributed by atoms with Gasteiger partial charge in [0.25, 0.3) is 0 Å². The Balaban J connectivity index is 2.76. The van der Waals surface area contributed by atoms with Gasteiger partial charge >= 0.3 is 0 Å². The van der Waals surface area contributed by atoms with Crippen molar-refractivity contribution in [3.63, 3.8) is 0 Å². The van der Waals surface area contributed by atoms with Crippen LogP contribution in [0.15, 0.2) is 18.2 Å². The van der Waals surface area contributed by atoms with Crippen LogP contribution in [0.2, 0.25) is 0 Å². The molecule has 15 heavy (non-hydrogen) atoms. The number of nitrogens with one attached hydrogen (secondary N) is 1. The summed E-state index contributed by atoms with van der Waals surface area (Å²) in [5.41, 5.74) is 7.53. The molecule has 0 saturated carbocycles. The Bertz CT molecular complexity index is 529. The number of aryl methyl sites for hydroxylation is 1. The van der Waals surface area contributed by atoms with Crippen molar-refractivity contribution in [3.05, 3.63) is 29.5 Å². The lowest BCUT2D eigenvalue weighted by Crippen LogP contribution is -2.14. The van der Waals surface area contributed by atoms with Crippen molar-refractivity contribution in [2.24, 2.45) is 5.73 Å². The molecule has 4 N–H and O–H groups in total. The maximum absolute atomic E-state index is 11.6. The molecule has 78 valence electrons. The minimum Gasteiger partial charge on any atom is -0.508 e. The highest BCUT2D eigenvalue weighted by molar-refractivity contribution is 6.10. The largest absolute Gasteiger partial charge is 0.508 e. The summed E-state index contributed by atoms with van der Waals surface area (Å²) in [5.74, 6) is 0.0249. The lowest BCUT2D eigenvalue weighted by atomic mass is 10.1. The van der Waals surface area contributed by atoms with Crippen LogP contribution in [0, 0.1) is 6.92 Å². The van der Waals surface area contributed by atoms with Crippen molar-refractivity contribution in [1.82, 2.24) is 4.98 Å². The number of nitrogens with two attached hydrogens (primary N) is 1. The summed E-state index contributed by atoms with van der Waals surface area (Å²) in [7, 11) is 0. The second-order valence-electron chi connectivity index (χ2n) is 3.48. The van der Waals surface area contributed by atoms with Crippen molar-refractivity contribution < 1.29 is 9.90 Å². The molecule has 1 aromatic heterocycles. The number of hydrogen-bond acceptors (Lipinski definition) is 3. The van der Waals surface area contributed by atoms with E-state index in [1.807, 2.05) is 6.92 Å². The second kappa shape index (κ2) is 3.40. The first kappa shape index (κ1) is 9.73. The zero-order valence-electron chi connectivity index (χ0n) is 8.37. The van der Waals surface area contributed by atoms with Gasteiger partial charge < -0.3 is 15.8 Å². The molecule has 2 rings (SSSR count). The third-order valence-corrected chi connectivity index (χ3v) is 2.43. The minimum atomic E-state index is -0.121. The molecule has 2 aromatic rings. The first-order valence-corrected chi connectivity index (χ1v) is 4.68. The molecule has 0 unspecified atom stereocenters. The molecule has 0 atom stereocenters. The third-order valence-electron chi connectivity index (χ3n) is 2.43. The number of fused-ring (bicyclic) bond motifs is 1. The smallest absolute Gasteiger partial charge is 0.178 e. The van der Waals surface area contributed by atoms with Crippen LogP contribution in [0.4, 0.5) is 0 Å². The highest BCUT2D eigenvalue weighted by Gasteiger charge is 2.14. The van der Waals surface area contributed by atoms with Crippen LogP contribution in [0.3, 0.4) is 0 Å². The van der Waals surface area contributed by atoms with E-state index in [9.17, 15) is 9.90 Å². The van der Waals surface area contributed by atoms with E-state index in [2.05, 4.69) is 4.98 Å². The van der Waals surface area contributed by atoms with E-state index in [1.165, 1.54) is 0 Å². The Kier molecular flexibility index (Phi) is 2.21. The summed E-state index contributed by atoms with van der Waals surface area (Å²) in [6.45, 7) is 1.80. The van der Waals surface area contributed by atoms with Crippen LogP contribution in [-0.2, 0) is 0 Å². The predicted molar refractivity (Wildman–Crippen MR) is 58.1 cm³/mol. The SMILES string of the molecule is Cc1[nH]c2ccc(O)cc2c1C(=O)CN. The summed E-state index contributed by atoms with van der Waals surface area (Å²) in [4.78, 5) is 14.7. The molecule has 4 nitrogen and oxygen atoms in total. The minimum absolute atomic E-state index is 0.0244. The van der Waals surface area contributed by atoms with Gasteiger partial charge in [0.1, 0.15) is 5.75 Å². The highest BCUT2D eigenvalue weighted by atomic mass is 16.3. The molecule has 0 bridgehead atoms. The van der Waals surface area contributed by atoms with Crippen LogP contribution in [0.25, 0.3) is 10.9 Å².